The molecular weight excluding hydrogens is 214 g/mol. The molecule has 1 amide bonds. The van der Waals surface area contributed by atoms with Crippen molar-refractivity contribution in [3.8, 4) is 0 Å². The van der Waals surface area contributed by atoms with Crippen LogP contribution in [0.4, 0.5) is 0 Å². The molecule has 17 heavy (non-hydrogen) atoms. The van der Waals surface area contributed by atoms with Crippen molar-refractivity contribution < 1.29 is 4.79 Å². The first-order chi connectivity index (χ1) is 7.87. The van der Waals surface area contributed by atoms with Crippen molar-refractivity contribution >= 4 is 5.91 Å². The predicted octanol–water partition coefficient (Wildman–Crippen LogP) is 0.962. The van der Waals surface area contributed by atoms with E-state index in [1.165, 1.54) is 0 Å². The normalized spacial score (nSPS) is 25.0. The topological polar surface area (TPSA) is 58.4 Å². The van der Waals surface area contributed by atoms with Crippen LogP contribution in [0.1, 0.15) is 40.0 Å². The Bertz CT molecular complexity index is 270. The summed E-state index contributed by atoms with van der Waals surface area (Å²) in [5.41, 5.74) is 5.38. The molecule has 1 rings (SSSR count). The SMILES string of the molecule is CCC1(C(=O)N(C)CC(C)(C)CN)CCCN1. The predicted molar refractivity (Wildman–Crippen MR) is 70.7 cm³/mol. The van der Waals surface area contributed by atoms with E-state index in [4.69, 9.17) is 5.73 Å². The van der Waals surface area contributed by atoms with Crippen molar-refractivity contribution in [2.75, 3.05) is 26.7 Å². The maximum Gasteiger partial charge on any atom is 0.242 e. The molecular formula is C13H27N3O. The molecule has 3 N–H and O–H groups in total. The van der Waals surface area contributed by atoms with Gasteiger partial charge < -0.3 is 16.0 Å². The summed E-state index contributed by atoms with van der Waals surface area (Å²) < 4.78 is 0. The standard InChI is InChI=1S/C13H27N3O/c1-5-13(7-6-8-15-13)11(17)16(4)10-12(2,3)9-14/h15H,5-10,14H2,1-4H3. The van der Waals surface area contributed by atoms with Gasteiger partial charge in [-0.15, -0.1) is 0 Å². The molecule has 1 atom stereocenters. The summed E-state index contributed by atoms with van der Waals surface area (Å²) in [6, 6.07) is 0. The second-order valence-electron chi connectivity index (χ2n) is 6.00. The molecule has 1 fully saturated rings. The molecule has 1 heterocycles. The van der Waals surface area contributed by atoms with Gasteiger partial charge in [-0.05, 0) is 37.8 Å². The average molecular weight is 241 g/mol. The van der Waals surface area contributed by atoms with Gasteiger partial charge in [0.1, 0.15) is 0 Å². The van der Waals surface area contributed by atoms with Crippen LogP contribution in [0.3, 0.4) is 0 Å². The van der Waals surface area contributed by atoms with Gasteiger partial charge in [0.2, 0.25) is 5.91 Å². The quantitative estimate of drug-likeness (QED) is 0.754. The van der Waals surface area contributed by atoms with Gasteiger partial charge in [-0.2, -0.15) is 0 Å². The van der Waals surface area contributed by atoms with Gasteiger partial charge in [0.25, 0.3) is 0 Å². The maximum atomic E-state index is 12.5. The van der Waals surface area contributed by atoms with Gasteiger partial charge in [0.15, 0.2) is 0 Å². The molecule has 1 aliphatic rings. The van der Waals surface area contributed by atoms with Crippen molar-refractivity contribution in [1.82, 2.24) is 10.2 Å². The summed E-state index contributed by atoms with van der Waals surface area (Å²) in [5.74, 6) is 0.221. The molecule has 4 nitrogen and oxygen atoms in total. The van der Waals surface area contributed by atoms with Crippen LogP contribution >= 0.6 is 0 Å². The lowest BCUT2D eigenvalue weighted by Gasteiger charge is -2.35. The van der Waals surface area contributed by atoms with Crippen LogP contribution in [0.25, 0.3) is 0 Å². The Hall–Kier alpha value is -0.610. The van der Waals surface area contributed by atoms with E-state index in [9.17, 15) is 4.79 Å². The Morgan fingerprint density at radius 3 is 2.59 bits per heavy atom. The fourth-order valence-corrected chi connectivity index (χ4v) is 2.59. The van der Waals surface area contributed by atoms with Gasteiger partial charge in [-0.1, -0.05) is 20.8 Å². The van der Waals surface area contributed by atoms with Crippen molar-refractivity contribution in [3.05, 3.63) is 0 Å². The molecule has 1 unspecified atom stereocenters. The van der Waals surface area contributed by atoms with Crippen molar-refractivity contribution in [1.29, 1.82) is 0 Å². The highest BCUT2D eigenvalue weighted by Crippen LogP contribution is 2.26. The number of carbonyl (C=O) groups excluding carboxylic acids is 1. The highest BCUT2D eigenvalue weighted by molar-refractivity contribution is 5.86. The van der Waals surface area contributed by atoms with Crippen LogP contribution in [-0.2, 0) is 4.79 Å². The summed E-state index contributed by atoms with van der Waals surface area (Å²) in [6.45, 7) is 8.53. The average Bonchev–Trinajstić information content (AvgIpc) is 2.77. The second-order valence-corrected chi connectivity index (χ2v) is 6.00. The summed E-state index contributed by atoms with van der Waals surface area (Å²) in [4.78, 5) is 14.4. The van der Waals surface area contributed by atoms with Gasteiger partial charge >= 0.3 is 0 Å². The zero-order valence-electron chi connectivity index (χ0n) is 11.7. The number of nitrogens with one attached hydrogen (secondary N) is 1. The van der Waals surface area contributed by atoms with Crippen LogP contribution in [0.2, 0.25) is 0 Å². The van der Waals surface area contributed by atoms with Gasteiger partial charge in [-0.3, -0.25) is 4.79 Å². The molecule has 0 radical (unpaired) electrons. The molecule has 0 aromatic rings. The van der Waals surface area contributed by atoms with Gasteiger partial charge in [-0.25, -0.2) is 0 Å². The molecule has 0 bridgehead atoms. The molecule has 0 aliphatic carbocycles. The van der Waals surface area contributed by atoms with Crippen LogP contribution in [-0.4, -0.2) is 43.0 Å². The smallest absolute Gasteiger partial charge is 0.242 e. The van der Waals surface area contributed by atoms with E-state index in [-0.39, 0.29) is 16.9 Å². The molecule has 0 saturated carbocycles. The van der Waals surface area contributed by atoms with E-state index in [1.54, 1.807) is 0 Å². The largest absolute Gasteiger partial charge is 0.344 e. The van der Waals surface area contributed by atoms with E-state index < -0.39 is 0 Å². The number of carbonyl (C=O) groups is 1. The number of hydrogen-bond acceptors (Lipinski definition) is 3. The third-order valence-electron chi connectivity index (χ3n) is 3.82. The number of likely N-dealkylation sites (N-methyl/N-ethyl adjacent to an activating group) is 1. The lowest BCUT2D eigenvalue weighted by molar-refractivity contribution is -0.137. The van der Waals surface area contributed by atoms with Crippen molar-refractivity contribution in [2.45, 2.75) is 45.6 Å². The van der Waals surface area contributed by atoms with E-state index in [1.807, 2.05) is 11.9 Å². The van der Waals surface area contributed by atoms with Crippen molar-refractivity contribution in [2.24, 2.45) is 11.1 Å². The van der Waals surface area contributed by atoms with E-state index in [0.29, 0.717) is 13.1 Å². The van der Waals surface area contributed by atoms with Crippen LogP contribution in [0.5, 0.6) is 0 Å². The van der Waals surface area contributed by atoms with Crippen LogP contribution in [0, 0.1) is 5.41 Å². The molecule has 0 aromatic heterocycles. The monoisotopic (exact) mass is 241 g/mol. The van der Waals surface area contributed by atoms with Crippen LogP contribution in [0.15, 0.2) is 0 Å². The molecule has 0 aromatic carbocycles. The Kier molecular flexibility index (Phi) is 4.55. The van der Waals surface area contributed by atoms with E-state index in [0.717, 1.165) is 25.8 Å². The van der Waals surface area contributed by atoms with E-state index >= 15 is 0 Å². The maximum absolute atomic E-state index is 12.5. The second kappa shape index (κ2) is 5.36. The first-order valence-electron chi connectivity index (χ1n) is 6.57. The minimum absolute atomic E-state index is 0.0159. The molecule has 100 valence electrons. The Morgan fingerprint density at radius 1 is 1.53 bits per heavy atom. The van der Waals surface area contributed by atoms with Crippen molar-refractivity contribution in [3.63, 3.8) is 0 Å². The van der Waals surface area contributed by atoms with Crippen LogP contribution < -0.4 is 11.1 Å². The number of nitrogens with two attached hydrogens (primary N) is 1. The summed E-state index contributed by atoms with van der Waals surface area (Å²) in [7, 11) is 1.89. The van der Waals surface area contributed by atoms with Gasteiger partial charge in [0.05, 0.1) is 5.54 Å². The third kappa shape index (κ3) is 3.19. The molecule has 1 saturated heterocycles. The lowest BCUT2D eigenvalue weighted by Crippen LogP contribution is -2.55. The zero-order valence-corrected chi connectivity index (χ0v) is 11.7. The number of amides is 1. The fourth-order valence-electron chi connectivity index (χ4n) is 2.59. The Labute approximate surface area is 105 Å². The number of nitrogens with zero attached hydrogens (tertiary/aromatic N) is 1. The fraction of sp³-hybridized carbons (Fsp3) is 0.923. The third-order valence-corrected chi connectivity index (χ3v) is 3.82. The molecule has 4 heteroatoms. The lowest BCUT2D eigenvalue weighted by atomic mass is 9.89. The number of rotatable bonds is 5. The summed E-state index contributed by atoms with van der Waals surface area (Å²) >= 11 is 0. The Balaban J connectivity index is 2.68. The number of hydrogen-bond donors (Lipinski definition) is 2. The Morgan fingerprint density at radius 2 is 2.18 bits per heavy atom. The molecule has 0 spiro atoms. The highest BCUT2D eigenvalue weighted by atomic mass is 16.2. The first-order valence-corrected chi connectivity index (χ1v) is 6.57. The zero-order chi connectivity index (χ0) is 13.1. The molecule has 1 aliphatic heterocycles. The first kappa shape index (κ1) is 14.5. The minimum Gasteiger partial charge on any atom is -0.344 e. The highest BCUT2D eigenvalue weighted by Gasteiger charge is 2.41. The minimum atomic E-state index is -0.320. The summed E-state index contributed by atoms with van der Waals surface area (Å²) in [6.07, 6.45) is 2.91. The van der Waals surface area contributed by atoms with E-state index in [2.05, 4.69) is 26.1 Å². The summed E-state index contributed by atoms with van der Waals surface area (Å²) in [5, 5.41) is 3.38. The van der Waals surface area contributed by atoms with Gasteiger partial charge in [0, 0.05) is 13.6 Å².